The third-order valence-electron chi connectivity index (χ3n) is 5.00. The van der Waals surface area contributed by atoms with E-state index in [0.29, 0.717) is 12.5 Å². The number of aromatic nitrogens is 7. The zero-order valence-electron chi connectivity index (χ0n) is 15.2. The fourth-order valence-electron chi connectivity index (χ4n) is 3.61. The third-order valence-corrected chi connectivity index (χ3v) is 5.00. The molecule has 0 spiro atoms. The van der Waals surface area contributed by atoms with Crippen LogP contribution in [-0.2, 0) is 11.2 Å². The molecule has 2 aromatic heterocycles. The van der Waals surface area contributed by atoms with E-state index in [1.807, 2.05) is 31.2 Å². The van der Waals surface area contributed by atoms with Crippen LogP contribution in [0.15, 0.2) is 36.9 Å². The Balaban J connectivity index is 1.37. The summed E-state index contributed by atoms with van der Waals surface area (Å²) in [5.74, 6) is 0.780. The molecule has 9 nitrogen and oxygen atoms in total. The van der Waals surface area contributed by atoms with Crippen LogP contribution in [0.3, 0.4) is 0 Å². The molecule has 0 aliphatic heterocycles. The van der Waals surface area contributed by atoms with Gasteiger partial charge in [0.25, 0.3) is 0 Å². The molecule has 1 N–H and O–H groups in total. The highest BCUT2D eigenvalue weighted by molar-refractivity contribution is 5.78. The van der Waals surface area contributed by atoms with Gasteiger partial charge in [0, 0.05) is 6.04 Å². The van der Waals surface area contributed by atoms with Gasteiger partial charge in [-0.15, -0.1) is 15.3 Å². The summed E-state index contributed by atoms with van der Waals surface area (Å²) in [4.78, 5) is 12.5. The molecule has 1 atom stereocenters. The lowest BCUT2D eigenvalue weighted by Gasteiger charge is -2.18. The Bertz CT molecular complexity index is 880. The average molecular weight is 366 g/mol. The summed E-state index contributed by atoms with van der Waals surface area (Å²) in [6.07, 6.45) is 8.40. The van der Waals surface area contributed by atoms with Gasteiger partial charge in [0.1, 0.15) is 12.7 Å². The fourth-order valence-corrected chi connectivity index (χ4v) is 3.61. The van der Waals surface area contributed by atoms with Crippen molar-refractivity contribution >= 4 is 5.91 Å². The van der Waals surface area contributed by atoms with Gasteiger partial charge in [0.05, 0.1) is 18.2 Å². The fraction of sp³-hybridized carbons (Fsp3) is 0.444. The molecule has 0 bridgehead atoms. The lowest BCUT2D eigenvalue weighted by atomic mass is 10.1. The second-order valence-corrected chi connectivity index (χ2v) is 6.92. The number of carbonyl (C=O) groups excluding carboxylic acids is 1. The Morgan fingerprint density at radius 3 is 2.67 bits per heavy atom. The normalized spacial score (nSPS) is 15.7. The van der Waals surface area contributed by atoms with Crippen molar-refractivity contribution in [3.05, 3.63) is 48.3 Å². The average Bonchev–Trinajstić information content (AvgIpc) is 3.43. The number of hydrogen-bond donors (Lipinski definition) is 1. The summed E-state index contributed by atoms with van der Waals surface area (Å²) in [5.41, 5.74) is 1.77. The van der Waals surface area contributed by atoms with Crippen LogP contribution in [0.1, 0.15) is 56.1 Å². The van der Waals surface area contributed by atoms with Crippen LogP contribution in [-0.4, -0.2) is 40.9 Å². The first-order valence-corrected chi connectivity index (χ1v) is 9.22. The summed E-state index contributed by atoms with van der Waals surface area (Å²) in [7, 11) is 0. The molecule has 3 aromatic rings. The van der Waals surface area contributed by atoms with Crippen molar-refractivity contribution in [3.8, 4) is 5.69 Å². The topological polar surface area (TPSA) is 103 Å². The molecule has 1 amide bonds. The van der Waals surface area contributed by atoms with E-state index in [9.17, 15) is 4.79 Å². The van der Waals surface area contributed by atoms with Crippen molar-refractivity contribution in [2.45, 2.75) is 51.1 Å². The summed E-state index contributed by atoms with van der Waals surface area (Å²) < 4.78 is 3.70. The lowest BCUT2D eigenvalue weighted by Crippen LogP contribution is -2.30. The quantitative estimate of drug-likeness (QED) is 0.713. The summed E-state index contributed by atoms with van der Waals surface area (Å²) in [6, 6.07) is 7.86. The number of nitrogens with one attached hydrogen (secondary N) is 1. The number of carbonyl (C=O) groups is 1. The van der Waals surface area contributed by atoms with Crippen molar-refractivity contribution in [3.63, 3.8) is 0 Å². The van der Waals surface area contributed by atoms with Crippen molar-refractivity contribution < 1.29 is 4.79 Å². The van der Waals surface area contributed by atoms with Crippen LogP contribution in [0, 0.1) is 0 Å². The first kappa shape index (κ1) is 17.3. The molecule has 140 valence electrons. The predicted octanol–water partition coefficient (Wildman–Crippen LogP) is 1.79. The van der Waals surface area contributed by atoms with Crippen molar-refractivity contribution in [1.82, 2.24) is 40.3 Å². The number of amides is 1. The number of tetrazole rings is 1. The number of nitrogens with zero attached hydrogens (tertiary/aromatic N) is 7. The predicted molar refractivity (Wildman–Crippen MR) is 96.9 cm³/mol. The second-order valence-electron chi connectivity index (χ2n) is 6.92. The summed E-state index contributed by atoms with van der Waals surface area (Å²) in [6.45, 7) is 1.95. The van der Waals surface area contributed by atoms with Crippen LogP contribution in [0.25, 0.3) is 5.69 Å². The van der Waals surface area contributed by atoms with Gasteiger partial charge in [-0.05, 0) is 47.9 Å². The molecule has 1 fully saturated rings. The van der Waals surface area contributed by atoms with Crippen LogP contribution < -0.4 is 5.32 Å². The monoisotopic (exact) mass is 366 g/mol. The Kier molecular flexibility index (Phi) is 4.91. The minimum atomic E-state index is -0.180. The highest BCUT2D eigenvalue weighted by atomic mass is 16.1. The molecule has 1 aliphatic carbocycles. The first-order valence-electron chi connectivity index (χ1n) is 9.22. The Morgan fingerprint density at radius 1 is 1.19 bits per heavy atom. The lowest BCUT2D eigenvalue weighted by molar-refractivity contribution is -0.121. The molecule has 9 heteroatoms. The van der Waals surface area contributed by atoms with Gasteiger partial charge in [-0.2, -0.15) is 0 Å². The van der Waals surface area contributed by atoms with Gasteiger partial charge < -0.3 is 9.88 Å². The maximum absolute atomic E-state index is 12.5. The molecule has 4 rings (SSSR count). The van der Waals surface area contributed by atoms with E-state index in [4.69, 9.17) is 0 Å². The molecule has 1 aromatic carbocycles. The molecule has 2 heterocycles. The highest BCUT2D eigenvalue weighted by Crippen LogP contribution is 2.31. The van der Waals surface area contributed by atoms with Crippen LogP contribution in [0.5, 0.6) is 0 Å². The van der Waals surface area contributed by atoms with E-state index >= 15 is 0 Å². The zero-order valence-corrected chi connectivity index (χ0v) is 15.2. The first-order chi connectivity index (χ1) is 13.2. The molecule has 0 radical (unpaired) electrons. The van der Waals surface area contributed by atoms with Crippen LogP contribution in [0.2, 0.25) is 0 Å². The van der Waals surface area contributed by atoms with Crippen molar-refractivity contribution in [1.29, 1.82) is 0 Å². The van der Waals surface area contributed by atoms with Gasteiger partial charge in [-0.3, -0.25) is 4.79 Å². The Morgan fingerprint density at radius 2 is 1.96 bits per heavy atom. The molecular weight excluding hydrogens is 344 g/mol. The van der Waals surface area contributed by atoms with E-state index in [1.165, 1.54) is 19.2 Å². The van der Waals surface area contributed by atoms with Crippen molar-refractivity contribution in [2.75, 3.05) is 0 Å². The molecule has 0 unspecified atom stereocenters. The van der Waals surface area contributed by atoms with Gasteiger partial charge in [0.2, 0.25) is 5.91 Å². The maximum Gasteiger partial charge on any atom is 0.224 e. The van der Waals surface area contributed by atoms with E-state index < -0.39 is 0 Å². The Hall–Kier alpha value is -3.10. The number of rotatable bonds is 6. The zero-order chi connectivity index (χ0) is 18.6. The van der Waals surface area contributed by atoms with E-state index in [-0.39, 0.29) is 11.9 Å². The minimum absolute atomic E-state index is 0.0429. The third kappa shape index (κ3) is 3.86. The molecule has 1 saturated carbocycles. The van der Waals surface area contributed by atoms with E-state index in [1.54, 1.807) is 11.0 Å². The van der Waals surface area contributed by atoms with Crippen LogP contribution in [0.4, 0.5) is 0 Å². The number of benzene rings is 1. The molecular formula is C18H22N8O. The summed E-state index contributed by atoms with van der Waals surface area (Å²) >= 11 is 0. The standard InChI is InChI=1S/C18H22N8O/c1-13(18-22-19-11-25(18)15-4-2-3-5-15)21-17(27)10-14-6-8-16(9-7-14)26-12-20-23-24-26/h6-9,11-13,15H,2-5,10H2,1H3,(H,21,27)/t13-/m1/s1. The number of hydrogen-bond acceptors (Lipinski definition) is 6. The van der Waals surface area contributed by atoms with Gasteiger partial charge in [-0.1, -0.05) is 25.0 Å². The molecule has 27 heavy (non-hydrogen) atoms. The minimum Gasteiger partial charge on any atom is -0.346 e. The van der Waals surface area contributed by atoms with Crippen molar-refractivity contribution in [2.24, 2.45) is 0 Å². The highest BCUT2D eigenvalue weighted by Gasteiger charge is 2.23. The Labute approximate surface area is 156 Å². The second kappa shape index (κ2) is 7.65. The van der Waals surface area contributed by atoms with E-state index in [2.05, 4.69) is 35.6 Å². The van der Waals surface area contributed by atoms with E-state index in [0.717, 1.165) is 29.9 Å². The van der Waals surface area contributed by atoms with Gasteiger partial charge in [-0.25, -0.2) is 4.68 Å². The smallest absolute Gasteiger partial charge is 0.224 e. The van der Waals surface area contributed by atoms with Gasteiger partial charge in [0.15, 0.2) is 5.82 Å². The maximum atomic E-state index is 12.5. The molecule has 1 aliphatic rings. The summed E-state index contributed by atoms with van der Waals surface area (Å²) in [5, 5.41) is 22.4. The van der Waals surface area contributed by atoms with Crippen LogP contribution >= 0.6 is 0 Å². The SMILES string of the molecule is C[C@@H](NC(=O)Cc1ccc(-n2cnnn2)cc1)c1nncn1C1CCCC1. The van der Waals surface area contributed by atoms with Gasteiger partial charge >= 0.3 is 0 Å². The molecule has 0 saturated heterocycles. The largest absolute Gasteiger partial charge is 0.346 e.